The largest absolute Gasteiger partial charge is 0.481 e. The average Bonchev–Trinajstić information content (AvgIpc) is 3.09. The third-order valence-corrected chi connectivity index (χ3v) is 16.6. The highest BCUT2D eigenvalue weighted by Gasteiger charge is 2.70. The molecule has 0 bridgehead atoms. The zero-order valence-corrected chi connectivity index (χ0v) is 31.9. The molecule has 296 valence electrons. The maximum Gasteiger partial charge on any atom is 0.310 e. The van der Waals surface area contributed by atoms with E-state index in [2.05, 4.69) is 47.6 Å². The molecule has 0 spiro atoms. The number of allylic oxidation sites excluding steroid dienone is 2. The van der Waals surface area contributed by atoms with Gasteiger partial charge in [0, 0.05) is 5.41 Å². The minimum absolute atomic E-state index is 0.0375. The number of ether oxygens (including phenoxy) is 4. The van der Waals surface area contributed by atoms with E-state index in [-0.39, 0.29) is 53.3 Å². The van der Waals surface area contributed by atoms with Crippen molar-refractivity contribution < 1.29 is 59.5 Å². The summed E-state index contributed by atoms with van der Waals surface area (Å²) in [4.78, 5) is 13.0. The van der Waals surface area contributed by atoms with Crippen molar-refractivity contribution in [3.8, 4) is 0 Å². The maximum absolute atomic E-state index is 13.0. The summed E-state index contributed by atoms with van der Waals surface area (Å²) in [5.74, 6) is -0.133. The maximum atomic E-state index is 13.0. The Morgan fingerprint density at radius 1 is 0.788 bits per heavy atom. The molecule has 0 amide bonds. The van der Waals surface area contributed by atoms with Crippen LogP contribution in [0.1, 0.15) is 106 Å². The molecule has 6 fully saturated rings. The molecule has 2 aliphatic heterocycles. The lowest BCUT2D eigenvalue weighted by atomic mass is 9.33. The highest BCUT2D eigenvalue weighted by molar-refractivity contribution is 5.76. The second kappa shape index (κ2) is 13.2. The van der Waals surface area contributed by atoms with Crippen molar-refractivity contribution in [3.63, 3.8) is 0 Å². The van der Waals surface area contributed by atoms with Crippen LogP contribution < -0.4 is 0 Å². The Morgan fingerprint density at radius 2 is 1.44 bits per heavy atom. The van der Waals surface area contributed by atoms with E-state index in [1.165, 1.54) is 5.57 Å². The van der Waals surface area contributed by atoms with Crippen LogP contribution in [-0.4, -0.2) is 117 Å². The number of carboxylic acids is 1. The predicted molar refractivity (Wildman–Crippen MR) is 187 cm³/mol. The first-order chi connectivity index (χ1) is 24.3. The van der Waals surface area contributed by atoms with Crippen LogP contribution >= 0.6 is 0 Å². The number of rotatable bonds is 6. The van der Waals surface area contributed by atoms with Gasteiger partial charge in [0.2, 0.25) is 0 Å². The van der Waals surface area contributed by atoms with Crippen molar-refractivity contribution in [2.24, 2.45) is 50.2 Å². The molecule has 12 nitrogen and oxygen atoms in total. The highest BCUT2D eigenvalue weighted by Crippen LogP contribution is 2.76. The van der Waals surface area contributed by atoms with Gasteiger partial charge in [0.05, 0.1) is 31.3 Å². The van der Waals surface area contributed by atoms with Crippen LogP contribution in [0.5, 0.6) is 0 Å². The molecule has 0 aromatic heterocycles. The molecule has 0 aromatic carbocycles. The number of aliphatic hydroxyl groups excluding tert-OH is 6. The molecule has 17 atom stereocenters. The van der Waals surface area contributed by atoms with Crippen molar-refractivity contribution in [1.82, 2.24) is 0 Å². The molecular formula is C40H64O12. The van der Waals surface area contributed by atoms with Crippen LogP contribution in [0.15, 0.2) is 11.6 Å². The zero-order chi connectivity index (χ0) is 37.8. The SMILES string of the molecule is CC1(C)CC[C@]2(C(=O)O)CC[C@]3(C)C(=CC[C@@H]4[C@@]5(C)CC[C@H](O[C@@H]6OC[C@H](O[C@@H]7OC[C@@H](O)[C@H](O)[C@H]7O)[C@H](O)[C@H]6O)[C@@](C)(CO)[C@@H]5CC[C@]43C)[C@@H]2C1. The van der Waals surface area contributed by atoms with Crippen LogP contribution in [-0.2, 0) is 23.7 Å². The average molecular weight is 737 g/mol. The van der Waals surface area contributed by atoms with Gasteiger partial charge in [-0.2, -0.15) is 0 Å². The number of hydrogen-bond donors (Lipinski definition) is 7. The molecule has 0 unspecified atom stereocenters. The summed E-state index contributed by atoms with van der Waals surface area (Å²) in [6, 6.07) is 0. The van der Waals surface area contributed by atoms with Gasteiger partial charge in [0.25, 0.3) is 0 Å². The van der Waals surface area contributed by atoms with Crippen LogP contribution in [0.25, 0.3) is 0 Å². The molecule has 52 heavy (non-hydrogen) atoms. The molecule has 0 radical (unpaired) electrons. The summed E-state index contributed by atoms with van der Waals surface area (Å²) >= 11 is 0. The number of aliphatic hydroxyl groups is 6. The molecule has 5 aliphatic carbocycles. The molecule has 2 saturated heterocycles. The van der Waals surface area contributed by atoms with E-state index in [0.717, 1.165) is 51.4 Å². The van der Waals surface area contributed by atoms with E-state index < -0.39 is 72.1 Å². The van der Waals surface area contributed by atoms with Crippen molar-refractivity contribution >= 4 is 5.97 Å². The lowest BCUT2D eigenvalue weighted by molar-refractivity contribution is -0.342. The molecule has 7 N–H and O–H groups in total. The summed E-state index contributed by atoms with van der Waals surface area (Å²) in [5, 5.41) is 74.1. The molecule has 0 aromatic rings. The molecular weight excluding hydrogens is 672 g/mol. The van der Waals surface area contributed by atoms with Crippen LogP contribution in [0.4, 0.5) is 0 Å². The predicted octanol–water partition coefficient (Wildman–Crippen LogP) is 3.13. The Balaban J connectivity index is 1.09. The van der Waals surface area contributed by atoms with Crippen molar-refractivity contribution in [2.45, 2.75) is 161 Å². The van der Waals surface area contributed by atoms with E-state index in [4.69, 9.17) is 18.9 Å². The normalized spacial score (nSPS) is 54.5. The number of hydrogen-bond acceptors (Lipinski definition) is 11. The molecule has 7 aliphatic rings. The van der Waals surface area contributed by atoms with Crippen LogP contribution in [0, 0.1) is 50.2 Å². The third kappa shape index (κ3) is 5.63. The topological polar surface area (TPSA) is 196 Å². The van der Waals surface area contributed by atoms with Crippen molar-refractivity contribution in [1.29, 1.82) is 0 Å². The van der Waals surface area contributed by atoms with E-state index in [1.807, 2.05) is 0 Å². The van der Waals surface area contributed by atoms with Gasteiger partial charge >= 0.3 is 5.97 Å². The second-order valence-corrected chi connectivity index (χ2v) is 19.6. The first-order valence-electron chi connectivity index (χ1n) is 19.8. The monoisotopic (exact) mass is 736 g/mol. The van der Waals surface area contributed by atoms with E-state index in [0.29, 0.717) is 18.8 Å². The minimum atomic E-state index is -1.55. The first-order valence-corrected chi connectivity index (χ1v) is 19.8. The Hall–Kier alpha value is -1.19. The summed E-state index contributed by atoms with van der Waals surface area (Å²) in [7, 11) is 0. The number of carboxylic acid groups (broad SMARTS) is 1. The minimum Gasteiger partial charge on any atom is -0.481 e. The smallest absolute Gasteiger partial charge is 0.310 e. The number of carbonyl (C=O) groups is 1. The third-order valence-electron chi connectivity index (χ3n) is 16.6. The fourth-order valence-corrected chi connectivity index (χ4v) is 13.1. The van der Waals surface area contributed by atoms with Gasteiger partial charge in [-0.15, -0.1) is 0 Å². The van der Waals surface area contributed by atoms with E-state index in [1.54, 1.807) is 0 Å². The Bertz CT molecular complexity index is 1400. The number of aliphatic carboxylic acids is 1. The molecule has 7 rings (SSSR count). The van der Waals surface area contributed by atoms with Gasteiger partial charge in [0.1, 0.15) is 36.6 Å². The van der Waals surface area contributed by atoms with Gasteiger partial charge in [0.15, 0.2) is 12.6 Å². The Labute approximate surface area is 307 Å². The van der Waals surface area contributed by atoms with E-state index in [9.17, 15) is 40.5 Å². The summed E-state index contributed by atoms with van der Waals surface area (Å²) in [6.45, 7) is 13.4. The van der Waals surface area contributed by atoms with Crippen LogP contribution in [0.2, 0.25) is 0 Å². The molecule has 12 heteroatoms. The Morgan fingerprint density at radius 3 is 2.13 bits per heavy atom. The number of fused-ring (bicyclic) bond motifs is 7. The lowest BCUT2D eigenvalue weighted by Crippen LogP contribution is -2.66. The van der Waals surface area contributed by atoms with Crippen LogP contribution in [0.3, 0.4) is 0 Å². The summed E-state index contributed by atoms with van der Waals surface area (Å²) in [6.07, 6.45) is -0.428. The quantitative estimate of drug-likeness (QED) is 0.156. The van der Waals surface area contributed by atoms with Crippen molar-refractivity contribution in [3.05, 3.63) is 11.6 Å². The van der Waals surface area contributed by atoms with Gasteiger partial charge in [-0.25, -0.2) is 0 Å². The van der Waals surface area contributed by atoms with Gasteiger partial charge in [-0.1, -0.05) is 53.2 Å². The molecule has 4 saturated carbocycles. The van der Waals surface area contributed by atoms with E-state index >= 15 is 0 Å². The summed E-state index contributed by atoms with van der Waals surface area (Å²) < 4.78 is 23.4. The Kier molecular flexibility index (Phi) is 9.92. The first kappa shape index (κ1) is 39.1. The van der Waals surface area contributed by atoms with Gasteiger partial charge < -0.3 is 54.7 Å². The standard InChI is InChI=1S/C40H64O12/c1-35(2)13-15-40(34(47)48)16-14-38(5)21(22(40)17-35)7-8-26-36(3)11-10-27(37(4,20-41)25(36)9-12-39(26,38)6)52-33-31(46)29(44)24(19-50-33)51-32-30(45)28(43)23(42)18-49-32/h7,22-33,41-46H,8-20H2,1-6H3,(H,47,48)/t22-,23+,24-,25+,26+,27-,28-,29-,30+,31+,32-,33-,36-,37-,38+,39+,40-/m0/s1. The fourth-order valence-electron chi connectivity index (χ4n) is 13.1. The van der Waals surface area contributed by atoms with Gasteiger partial charge in [-0.3, -0.25) is 4.79 Å². The second-order valence-electron chi connectivity index (χ2n) is 19.6. The van der Waals surface area contributed by atoms with Crippen molar-refractivity contribution in [2.75, 3.05) is 19.8 Å². The summed E-state index contributed by atoms with van der Waals surface area (Å²) in [5.41, 5.74) is -0.120. The zero-order valence-electron chi connectivity index (χ0n) is 31.9. The van der Waals surface area contributed by atoms with Gasteiger partial charge in [-0.05, 0) is 104 Å². The molecule has 2 heterocycles. The highest BCUT2D eigenvalue weighted by atomic mass is 16.7. The fraction of sp³-hybridized carbons (Fsp3) is 0.925. The lowest BCUT2D eigenvalue weighted by Gasteiger charge is -2.71.